The highest BCUT2D eigenvalue weighted by Gasteiger charge is 2.31. The first-order chi connectivity index (χ1) is 10.0. The Hall–Kier alpha value is -0.940. The predicted molar refractivity (Wildman–Crippen MR) is 90.4 cm³/mol. The molecule has 1 N–H and O–H groups in total. The van der Waals surface area contributed by atoms with Crippen LogP contribution >= 0.6 is 23.4 Å². The molecule has 1 amide bonds. The SMILES string of the molecule is CCCNc1ccc(Cl)c(C(=O)N2CCSC(C)C2C)n1. The van der Waals surface area contributed by atoms with Crippen molar-refractivity contribution in [3.05, 3.63) is 22.8 Å². The van der Waals surface area contributed by atoms with Gasteiger partial charge in [0.15, 0.2) is 0 Å². The molecular weight excluding hydrogens is 306 g/mol. The Labute approximate surface area is 135 Å². The van der Waals surface area contributed by atoms with E-state index in [2.05, 4.69) is 31.1 Å². The maximum Gasteiger partial charge on any atom is 0.274 e. The standard InChI is InChI=1S/C15H22ClN3OS/c1-4-7-17-13-6-5-12(16)14(18-13)15(20)19-8-9-21-11(3)10(19)2/h5-6,10-11H,4,7-9H2,1-3H3,(H,17,18). The zero-order valence-corrected chi connectivity index (χ0v) is 14.3. The molecule has 1 aromatic heterocycles. The number of amides is 1. The van der Waals surface area contributed by atoms with Crippen LogP contribution in [-0.2, 0) is 0 Å². The molecule has 21 heavy (non-hydrogen) atoms. The number of carbonyl (C=O) groups excluding carboxylic acids is 1. The fourth-order valence-corrected chi connectivity index (χ4v) is 3.58. The van der Waals surface area contributed by atoms with Gasteiger partial charge in [-0.3, -0.25) is 4.79 Å². The van der Waals surface area contributed by atoms with Crippen molar-refractivity contribution in [2.45, 2.75) is 38.5 Å². The lowest BCUT2D eigenvalue weighted by Crippen LogP contribution is -2.48. The highest BCUT2D eigenvalue weighted by Crippen LogP contribution is 2.27. The van der Waals surface area contributed by atoms with E-state index in [-0.39, 0.29) is 11.9 Å². The highest BCUT2D eigenvalue weighted by molar-refractivity contribution is 8.00. The van der Waals surface area contributed by atoms with Crippen LogP contribution in [0.15, 0.2) is 12.1 Å². The molecule has 2 rings (SSSR count). The number of anilines is 1. The maximum atomic E-state index is 12.7. The molecule has 1 aromatic rings. The van der Waals surface area contributed by atoms with Gasteiger partial charge in [-0.15, -0.1) is 0 Å². The normalized spacial score (nSPS) is 22.2. The van der Waals surface area contributed by atoms with E-state index in [9.17, 15) is 4.79 Å². The number of thioether (sulfide) groups is 1. The average molecular weight is 328 g/mol. The van der Waals surface area contributed by atoms with Crippen LogP contribution < -0.4 is 5.32 Å². The summed E-state index contributed by atoms with van der Waals surface area (Å²) in [6, 6.07) is 3.75. The Morgan fingerprint density at radius 1 is 1.52 bits per heavy atom. The molecule has 116 valence electrons. The summed E-state index contributed by atoms with van der Waals surface area (Å²) in [5, 5.41) is 4.05. The molecule has 1 aliphatic heterocycles. The lowest BCUT2D eigenvalue weighted by Gasteiger charge is -2.37. The number of nitrogens with one attached hydrogen (secondary N) is 1. The van der Waals surface area contributed by atoms with E-state index in [4.69, 9.17) is 11.6 Å². The maximum absolute atomic E-state index is 12.7. The molecule has 6 heteroatoms. The number of aromatic nitrogens is 1. The zero-order valence-electron chi connectivity index (χ0n) is 12.7. The fourth-order valence-electron chi connectivity index (χ4n) is 2.30. The van der Waals surface area contributed by atoms with Gasteiger partial charge in [-0.05, 0) is 25.5 Å². The van der Waals surface area contributed by atoms with E-state index in [1.165, 1.54) is 0 Å². The molecule has 2 atom stereocenters. The summed E-state index contributed by atoms with van der Waals surface area (Å²) >= 11 is 8.09. The van der Waals surface area contributed by atoms with Crippen molar-refractivity contribution in [1.82, 2.24) is 9.88 Å². The van der Waals surface area contributed by atoms with Crippen molar-refractivity contribution in [2.24, 2.45) is 0 Å². The smallest absolute Gasteiger partial charge is 0.274 e. The summed E-state index contributed by atoms with van der Waals surface area (Å²) in [4.78, 5) is 19.0. The van der Waals surface area contributed by atoms with Gasteiger partial charge in [0.05, 0.1) is 5.02 Å². The molecule has 0 saturated carbocycles. The molecule has 2 heterocycles. The fraction of sp³-hybridized carbons (Fsp3) is 0.600. The minimum Gasteiger partial charge on any atom is -0.370 e. The summed E-state index contributed by atoms with van der Waals surface area (Å²) in [6.45, 7) is 7.91. The van der Waals surface area contributed by atoms with Crippen LogP contribution in [0.3, 0.4) is 0 Å². The Kier molecular flexibility index (Phi) is 5.76. The lowest BCUT2D eigenvalue weighted by atomic mass is 10.2. The van der Waals surface area contributed by atoms with Gasteiger partial charge >= 0.3 is 0 Å². The van der Waals surface area contributed by atoms with Crippen LogP contribution in [-0.4, -0.2) is 45.9 Å². The molecule has 0 spiro atoms. The van der Waals surface area contributed by atoms with Gasteiger partial charge in [0, 0.05) is 30.1 Å². The number of rotatable bonds is 4. The molecule has 0 aromatic carbocycles. The first-order valence-electron chi connectivity index (χ1n) is 7.37. The number of hydrogen-bond donors (Lipinski definition) is 1. The van der Waals surface area contributed by atoms with Crippen LogP contribution in [0.1, 0.15) is 37.7 Å². The van der Waals surface area contributed by atoms with E-state index in [0.717, 1.165) is 25.3 Å². The van der Waals surface area contributed by atoms with Gasteiger partial charge in [0.2, 0.25) is 0 Å². The molecule has 0 radical (unpaired) electrons. The molecule has 1 fully saturated rings. The van der Waals surface area contributed by atoms with E-state index >= 15 is 0 Å². The Morgan fingerprint density at radius 2 is 2.29 bits per heavy atom. The van der Waals surface area contributed by atoms with Crippen LogP contribution in [0.4, 0.5) is 5.82 Å². The predicted octanol–water partition coefficient (Wildman–Crippen LogP) is 3.52. The lowest BCUT2D eigenvalue weighted by molar-refractivity contribution is 0.0692. The van der Waals surface area contributed by atoms with Crippen molar-refractivity contribution in [3.63, 3.8) is 0 Å². The summed E-state index contributed by atoms with van der Waals surface area (Å²) < 4.78 is 0. The minimum absolute atomic E-state index is 0.0696. The average Bonchev–Trinajstić information content (AvgIpc) is 2.48. The van der Waals surface area contributed by atoms with E-state index in [0.29, 0.717) is 21.8 Å². The third kappa shape index (κ3) is 3.83. The third-order valence-corrected chi connectivity index (χ3v) is 5.39. The quantitative estimate of drug-likeness (QED) is 0.919. The second kappa shape index (κ2) is 7.36. The third-order valence-electron chi connectivity index (χ3n) is 3.75. The number of halogens is 1. The van der Waals surface area contributed by atoms with Crippen LogP contribution in [0.25, 0.3) is 0 Å². The van der Waals surface area contributed by atoms with Gasteiger partial charge in [-0.25, -0.2) is 4.98 Å². The van der Waals surface area contributed by atoms with Crippen molar-refractivity contribution in [1.29, 1.82) is 0 Å². The first-order valence-corrected chi connectivity index (χ1v) is 8.80. The van der Waals surface area contributed by atoms with E-state index in [1.807, 2.05) is 22.7 Å². The van der Waals surface area contributed by atoms with Gasteiger partial charge < -0.3 is 10.2 Å². The summed E-state index contributed by atoms with van der Waals surface area (Å²) in [6.07, 6.45) is 1.01. The van der Waals surface area contributed by atoms with Crippen LogP contribution in [0.2, 0.25) is 5.02 Å². The monoisotopic (exact) mass is 327 g/mol. The van der Waals surface area contributed by atoms with Crippen molar-refractivity contribution in [2.75, 3.05) is 24.2 Å². The molecule has 1 saturated heterocycles. The number of hydrogen-bond acceptors (Lipinski definition) is 4. The van der Waals surface area contributed by atoms with Gasteiger partial charge in [0.1, 0.15) is 11.5 Å². The largest absolute Gasteiger partial charge is 0.370 e. The molecular formula is C15H22ClN3OS. The summed E-state index contributed by atoms with van der Waals surface area (Å²) in [5.41, 5.74) is 0.351. The Bertz CT molecular complexity index is 512. The van der Waals surface area contributed by atoms with Crippen LogP contribution in [0, 0.1) is 0 Å². The minimum atomic E-state index is -0.0696. The van der Waals surface area contributed by atoms with Gasteiger partial charge in [0.25, 0.3) is 5.91 Å². The number of carbonyl (C=O) groups is 1. The Morgan fingerprint density at radius 3 is 3.00 bits per heavy atom. The highest BCUT2D eigenvalue weighted by atomic mass is 35.5. The second-order valence-electron chi connectivity index (χ2n) is 5.27. The molecule has 2 unspecified atom stereocenters. The van der Waals surface area contributed by atoms with E-state index in [1.54, 1.807) is 6.07 Å². The van der Waals surface area contributed by atoms with Crippen molar-refractivity contribution < 1.29 is 4.79 Å². The Balaban J connectivity index is 2.21. The van der Waals surface area contributed by atoms with Crippen molar-refractivity contribution in [3.8, 4) is 0 Å². The molecule has 1 aliphatic rings. The topological polar surface area (TPSA) is 45.2 Å². The van der Waals surface area contributed by atoms with Crippen LogP contribution in [0.5, 0.6) is 0 Å². The second-order valence-corrected chi connectivity index (χ2v) is 7.16. The van der Waals surface area contributed by atoms with Gasteiger partial charge in [-0.1, -0.05) is 25.4 Å². The number of nitrogens with zero attached hydrogens (tertiary/aromatic N) is 2. The van der Waals surface area contributed by atoms with Crippen molar-refractivity contribution >= 4 is 35.1 Å². The summed E-state index contributed by atoms with van der Waals surface area (Å²) in [5.74, 6) is 1.60. The van der Waals surface area contributed by atoms with E-state index < -0.39 is 0 Å². The number of pyridine rings is 1. The summed E-state index contributed by atoms with van der Waals surface area (Å²) in [7, 11) is 0. The molecule has 0 bridgehead atoms. The zero-order chi connectivity index (χ0) is 15.4. The first kappa shape index (κ1) is 16.4. The molecule has 0 aliphatic carbocycles. The van der Waals surface area contributed by atoms with Gasteiger partial charge in [-0.2, -0.15) is 11.8 Å². The molecule has 4 nitrogen and oxygen atoms in total.